The number of nitrogens with two attached hydrogens (primary N) is 1. The van der Waals surface area contributed by atoms with Gasteiger partial charge in [0.25, 0.3) is 0 Å². The zero-order valence-electron chi connectivity index (χ0n) is 12.4. The first-order valence-electron chi connectivity index (χ1n) is 7.06. The highest BCUT2D eigenvalue weighted by Crippen LogP contribution is 2.07. The van der Waals surface area contributed by atoms with Crippen LogP contribution in [0.25, 0.3) is 0 Å². The average molecular weight is 293 g/mol. The Morgan fingerprint density at radius 3 is 2.38 bits per heavy atom. The van der Waals surface area contributed by atoms with Gasteiger partial charge in [0.15, 0.2) is 0 Å². The Labute approximate surface area is 124 Å². The molecule has 0 spiro atoms. The van der Waals surface area contributed by atoms with E-state index in [1.165, 1.54) is 0 Å². The molecular weight excluding hydrogens is 270 g/mol. The molecule has 0 aliphatic heterocycles. The smallest absolute Gasteiger partial charge is 0.326 e. The molecule has 1 aromatic rings. The molecule has 0 aliphatic carbocycles. The lowest BCUT2D eigenvalue weighted by Gasteiger charge is -2.18. The van der Waals surface area contributed by atoms with E-state index in [4.69, 9.17) is 10.8 Å². The van der Waals surface area contributed by atoms with Crippen molar-refractivity contribution in [3.63, 3.8) is 0 Å². The van der Waals surface area contributed by atoms with Crippen LogP contribution in [0.1, 0.15) is 32.3 Å². The Morgan fingerprint density at radius 1 is 1.24 bits per heavy atom. The van der Waals surface area contributed by atoms with Crippen molar-refractivity contribution in [2.75, 3.05) is 5.73 Å². The SMILES string of the molecule is CCC[C@H](NC(=O)N[C@H](C)Cc1ccc(N)cc1)C(=O)O. The quantitative estimate of drug-likeness (QED) is 0.575. The summed E-state index contributed by atoms with van der Waals surface area (Å²) in [7, 11) is 0. The molecule has 1 aromatic carbocycles. The number of nitrogens with one attached hydrogen (secondary N) is 2. The van der Waals surface area contributed by atoms with Gasteiger partial charge in [-0.3, -0.25) is 0 Å². The van der Waals surface area contributed by atoms with Crippen LogP contribution in [0.3, 0.4) is 0 Å². The van der Waals surface area contributed by atoms with Crippen LogP contribution in [0.2, 0.25) is 0 Å². The minimum Gasteiger partial charge on any atom is -0.480 e. The first-order valence-corrected chi connectivity index (χ1v) is 7.06. The normalized spacial score (nSPS) is 13.2. The van der Waals surface area contributed by atoms with E-state index in [9.17, 15) is 9.59 Å². The Bertz CT molecular complexity index is 474. The number of aliphatic carboxylic acids is 1. The van der Waals surface area contributed by atoms with Crippen molar-refractivity contribution in [2.45, 2.75) is 45.2 Å². The monoisotopic (exact) mass is 293 g/mol. The molecule has 0 heterocycles. The van der Waals surface area contributed by atoms with Crippen LogP contribution in [0.4, 0.5) is 10.5 Å². The fourth-order valence-electron chi connectivity index (χ4n) is 2.03. The van der Waals surface area contributed by atoms with Crippen LogP contribution >= 0.6 is 0 Å². The Hall–Kier alpha value is -2.24. The number of amides is 2. The van der Waals surface area contributed by atoms with Gasteiger partial charge in [0.2, 0.25) is 0 Å². The maximum absolute atomic E-state index is 11.8. The molecule has 6 heteroatoms. The van der Waals surface area contributed by atoms with Crippen LogP contribution in [0.15, 0.2) is 24.3 Å². The summed E-state index contributed by atoms with van der Waals surface area (Å²) < 4.78 is 0. The number of carboxylic acids is 1. The fraction of sp³-hybridized carbons (Fsp3) is 0.467. The Morgan fingerprint density at radius 2 is 1.86 bits per heavy atom. The highest BCUT2D eigenvalue weighted by molar-refractivity contribution is 5.82. The molecule has 1 rings (SSSR count). The molecule has 0 saturated carbocycles. The summed E-state index contributed by atoms with van der Waals surface area (Å²) >= 11 is 0. The summed E-state index contributed by atoms with van der Waals surface area (Å²) in [6, 6.07) is 6.01. The lowest BCUT2D eigenvalue weighted by molar-refractivity contribution is -0.139. The van der Waals surface area contributed by atoms with Gasteiger partial charge < -0.3 is 21.5 Å². The molecule has 2 atom stereocenters. The van der Waals surface area contributed by atoms with Crippen molar-refractivity contribution in [3.05, 3.63) is 29.8 Å². The van der Waals surface area contributed by atoms with Crippen molar-refractivity contribution in [1.82, 2.24) is 10.6 Å². The van der Waals surface area contributed by atoms with E-state index in [-0.39, 0.29) is 6.04 Å². The van der Waals surface area contributed by atoms with Gasteiger partial charge in [-0.25, -0.2) is 9.59 Å². The van der Waals surface area contributed by atoms with Gasteiger partial charge in [-0.1, -0.05) is 25.5 Å². The highest BCUT2D eigenvalue weighted by atomic mass is 16.4. The molecule has 6 nitrogen and oxygen atoms in total. The van der Waals surface area contributed by atoms with E-state index in [1.54, 1.807) is 0 Å². The van der Waals surface area contributed by atoms with E-state index in [2.05, 4.69) is 10.6 Å². The number of anilines is 1. The Kier molecular flexibility index (Phi) is 6.52. The maximum Gasteiger partial charge on any atom is 0.326 e. The zero-order valence-corrected chi connectivity index (χ0v) is 12.4. The summed E-state index contributed by atoms with van der Waals surface area (Å²) in [6.07, 6.45) is 1.76. The third kappa shape index (κ3) is 6.16. The first kappa shape index (κ1) is 16.8. The second-order valence-electron chi connectivity index (χ2n) is 5.14. The van der Waals surface area contributed by atoms with E-state index in [1.807, 2.05) is 38.1 Å². The van der Waals surface area contributed by atoms with Gasteiger partial charge in [0.05, 0.1) is 0 Å². The molecule has 0 saturated heterocycles. The summed E-state index contributed by atoms with van der Waals surface area (Å²) in [4.78, 5) is 22.8. The molecule has 0 radical (unpaired) electrons. The van der Waals surface area contributed by atoms with Gasteiger partial charge in [-0.05, 0) is 37.5 Å². The minimum atomic E-state index is -1.02. The summed E-state index contributed by atoms with van der Waals surface area (Å²) in [5, 5.41) is 14.2. The van der Waals surface area contributed by atoms with Gasteiger partial charge in [0.1, 0.15) is 6.04 Å². The number of carbonyl (C=O) groups is 2. The van der Waals surface area contributed by atoms with Crippen molar-refractivity contribution >= 4 is 17.7 Å². The minimum absolute atomic E-state index is 0.107. The number of benzene rings is 1. The third-order valence-corrected chi connectivity index (χ3v) is 3.08. The number of urea groups is 1. The van der Waals surface area contributed by atoms with E-state index in [0.717, 1.165) is 5.56 Å². The highest BCUT2D eigenvalue weighted by Gasteiger charge is 2.19. The van der Waals surface area contributed by atoms with Gasteiger partial charge >= 0.3 is 12.0 Å². The van der Waals surface area contributed by atoms with E-state index >= 15 is 0 Å². The molecule has 21 heavy (non-hydrogen) atoms. The molecule has 2 amide bonds. The van der Waals surface area contributed by atoms with Crippen molar-refractivity contribution < 1.29 is 14.7 Å². The van der Waals surface area contributed by atoms with Crippen LogP contribution in [0.5, 0.6) is 0 Å². The number of hydrogen-bond donors (Lipinski definition) is 4. The van der Waals surface area contributed by atoms with E-state index in [0.29, 0.717) is 24.9 Å². The Balaban J connectivity index is 2.46. The predicted octanol–water partition coefficient (Wildman–Crippen LogP) is 1.75. The maximum atomic E-state index is 11.8. The molecule has 5 N–H and O–H groups in total. The van der Waals surface area contributed by atoms with Crippen molar-refractivity contribution in [1.29, 1.82) is 0 Å². The second-order valence-corrected chi connectivity index (χ2v) is 5.14. The molecule has 0 unspecified atom stereocenters. The lowest BCUT2D eigenvalue weighted by Crippen LogP contribution is -2.48. The van der Waals surface area contributed by atoms with Crippen LogP contribution in [-0.2, 0) is 11.2 Å². The molecule has 0 fully saturated rings. The molecule has 0 aliphatic rings. The fourth-order valence-corrected chi connectivity index (χ4v) is 2.03. The second kappa shape index (κ2) is 8.14. The number of hydrogen-bond acceptors (Lipinski definition) is 3. The van der Waals surface area contributed by atoms with E-state index < -0.39 is 18.0 Å². The van der Waals surface area contributed by atoms with Crippen LogP contribution in [-0.4, -0.2) is 29.2 Å². The van der Waals surface area contributed by atoms with Crippen molar-refractivity contribution in [2.24, 2.45) is 0 Å². The van der Waals surface area contributed by atoms with Gasteiger partial charge in [-0.15, -0.1) is 0 Å². The largest absolute Gasteiger partial charge is 0.480 e. The molecule has 116 valence electrons. The lowest BCUT2D eigenvalue weighted by atomic mass is 10.1. The van der Waals surface area contributed by atoms with Gasteiger partial charge in [-0.2, -0.15) is 0 Å². The summed E-state index contributed by atoms with van der Waals surface area (Å²) in [6.45, 7) is 3.74. The zero-order chi connectivity index (χ0) is 15.8. The molecule has 0 bridgehead atoms. The number of nitrogen functional groups attached to an aromatic ring is 1. The molecular formula is C15H23N3O3. The summed E-state index contributed by atoms with van der Waals surface area (Å²) in [5.74, 6) is -1.02. The molecule has 0 aromatic heterocycles. The standard InChI is InChI=1S/C15H23N3O3/c1-3-4-13(14(19)20)18-15(21)17-10(2)9-11-5-7-12(16)8-6-11/h5-8,10,13H,3-4,9,16H2,1-2H3,(H,19,20)(H2,17,18,21)/t10-,13+/m1/s1. The van der Waals surface area contributed by atoms with Gasteiger partial charge in [0, 0.05) is 11.7 Å². The first-order chi connectivity index (χ1) is 9.92. The number of carboxylic acid groups (broad SMARTS) is 1. The average Bonchev–Trinajstić information content (AvgIpc) is 2.40. The third-order valence-electron chi connectivity index (χ3n) is 3.08. The van der Waals surface area contributed by atoms with Crippen LogP contribution < -0.4 is 16.4 Å². The topological polar surface area (TPSA) is 104 Å². The predicted molar refractivity (Wildman–Crippen MR) is 82.0 cm³/mol. The van der Waals surface area contributed by atoms with Crippen LogP contribution in [0, 0.1) is 0 Å². The van der Waals surface area contributed by atoms with Crippen molar-refractivity contribution in [3.8, 4) is 0 Å². The number of carbonyl (C=O) groups excluding carboxylic acids is 1. The number of rotatable bonds is 7. The summed E-state index contributed by atoms with van der Waals surface area (Å²) in [5.41, 5.74) is 7.37.